The Bertz CT molecular complexity index is 1260. The summed E-state index contributed by atoms with van der Waals surface area (Å²) < 4.78 is 11.3. The van der Waals surface area contributed by atoms with Crippen LogP contribution in [-0.4, -0.2) is 28.7 Å². The SMILES string of the molecule is CC(=O)OCc1cc(CN2C(=O)COc3ccc(/C=C4/SC(=S)NC4=O)cc32)cc(C(C)(C)C)c1. The van der Waals surface area contributed by atoms with Gasteiger partial charge < -0.3 is 19.7 Å². The minimum Gasteiger partial charge on any atom is -0.482 e. The standard InChI is InChI=1S/C26H26N2O5S2/c1-15(29)32-13-18-7-17(8-19(9-18)26(2,3)4)12-28-20-10-16(5-6-21(20)33-14-23(28)30)11-22-24(31)27-25(34)35-22/h5-11H,12-14H2,1-4H3,(H,27,31,34)/b22-11+. The van der Waals surface area contributed by atoms with Crippen LogP contribution in [0.1, 0.15) is 49.9 Å². The predicted octanol–water partition coefficient (Wildman–Crippen LogP) is 4.46. The maximum absolute atomic E-state index is 12.9. The van der Waals surface area contributed by atoms with Gasteiger partial charge in [-0.05, 0) is 45.9 Å². The highest BCUT2D eigenvalue weighted by molar-refractivity contribution is 8.26. The number of esters is 1. The van der Waals surface area contributed by atoms with Crippen LogP contribution in [0.4, 0.5) is 5.69 Å². The number of amides is 2. The molecule has 0 aliphatic carbocycles. The maximum atomic E-state index is 12.9. The molecule has 0 radical (unpaired) electrons. The summed E-state index contributed by atoms with van der Waals surface area (Å²) in [5.74, 6) is -0.153. The Labute approximate surface area is 213 Å². The van der Waals surface area contributed by atoms with E-state index in [9.17, 15) is 14.4 Å². The molecule has 4 rings (SSSR count). The fourth-order valence-corrected chi connectivity index (χ4v) is 4.84. The lowest BCUT2D eigenvalue weighted by Gasteiger charge is -2.30. The second-order valence-corrected chi connectivity index (χ2v) is 11.1. The third kappa shape index (κ3) is 5.91. The van der Waals surface area contributed by atoms with Gasteiger partial charge in [0.15, 0.2) is 6.61 Å². The number of nitrogens with one attached hydrogen (secondary N) is 1. The third-order valence-corrected chi connectivity index (χ3v) is 6.73. The van der Waals surface area contributed by atoms with E-state index < -0.39 is 0 Å². The number of hydrogen-bond acceptors (Lipinski definition) is 7. The number of benzene rings is 2. The van der Waals surface area contributed by atoms with Gasteiger partial charge in [-0.1, -0.05) is 69.0 Å². The van der Waals surface area contributed by atoms with Crippen LogP contribution in [-0.2, 0) is 37.7 Å². The van der Waals surface area contributed by atoms with Gasteiger partial charge in [-0.25, -0.2) is 0 Å². The van der Waals surface area contributed by atoms with Crippen molar-refractivity contribution in [2.24, 2.45) is 0 Å². The first-order chi connectivity index (χ1) is 16.5. The van der Waals surface area contributed by atoms with Crippen molar-refractivity contribution in [3.05, 3.63) is 63.6 Å². The molecule has 2 heterocycles. The molecule has 0 aromatic heterocycles. The second-order valence-electron chi connectivity index (χ2n) is 9.42. The van der Waals surface area contributed by atoms with E-state index in [1.54, 1.807) is 17.0 Å². The molecule has 1 fully saturated rings. The Kier molecular flexibility index (Phi) is 7.00. The van der Waals surface area contributed by atoms with Gasteiger partial charge in [-0.2, -0.15) is 0 Å². The van der Waals surface area contributed by atoms with Crippen LogP contribution in [0.2, 0.25) is 0 Å². The topological polar surface area (TPSA) is 84.9 Å². The van der Waals surface area contributed by atoms with Gasteiger partial charge >= 0.3 is 5.97 Å². The quantitative estimate of drug-likeness (QED) is 0.361. The Morgan fingerprint density at radius 2 is 1.94 bits per heavy atom. The molecule has 2 aliphatic heterocycles. The van der Waals surface area contributed by atoms with Crippen molar-refractivity contribution in [2.75, 3.05) is 11.5 Å². The predicted molar refractivity (Wildman–Crippen MR) is 140 cm³/mol. The molecule has 0 spiro atoms. The number of carbonyl (C=O) groups excluding carboxylic acids is 3. The van der Waals surface area contributed by atoms with E-state index in [0.29, 0.717) is 27.2 Å². The van der Waals surface area contributed by atoms with Gasteiger partial charge in [0.2, 0.25) is 0 Å². The summed E-state index contributed by atoms with van der Waals surface area (Å²) in [6.07, 6.45) is 1.74. The van der Waals surface area contributed by atoms with Crippen molar-refractivity contribution in [2.45, 2.75) is 46.3 Å². The molecule has 2 amide bonds. The van der Waals surface area contributed by atoms with Crippen LogP contribution in [0.15, 0.2) is 41.3 Å². The zero-order chi connectivity index (χ0) is 25.3. The van der Waals surface area contributed by atoms with Crippen molar-refractivity contribution in [3.8, 4) is 5.75 Å². The fourth-order valence-electron chi connectivity index (χ4n) is 3.79. The number of ether oxygens (including phenoxy) is 2. The van der Waals surface area contributed by atoms with Crippen molar-refractivity contribution < 1.29 is 23.9 Å². The number of fused-ring (bicyclic) bond motifs is 1. The molecule has 7 nitrogen and oxygen atoms in total. The molecule has 2 aliphatic rings. The third-order valence-electron chi connectivity index (χ3n) is 5.57. The molecule has 0 atom stereocenters. The molecule has 0 bridgehead atoms. The minimum atomic E-state index is -0.346. The van der Waals surface area contributed by atoms with Gasteiger partial charge in [0.1, 0.15) is 16.7 Å². The fraction of sp³-hybridized carbons (Fsp3) is 0.308. The summed E-state index contributed by atoms with van der Waals surface area (Å²) in [6.45, 7) is 8.15. The van der Waals surface area contributed by atoms with Crippen molar-refractivity contribution in [1.82, 2.24) is 5.32 Å². The lowest BCUT2D eigenvalue weighted by atomic mass is 9.85. The summed E-state index contributed by atoms with van der Waals surface area (Å²) in [5, 5.41) is 2.60. The van der Waals surface area contributed by atoms with Crippen molar-refractivity contribution in [3.63, 3.8) is 0 Å². The molecule has 35 heavy (non-hydrogen) atoms. The average molecular weight is 511 g/mol. The first kappa shape index (κ1) is 24.9. The number of thiocarbonyl (C=S) groups is 1. The molecular weight excluding hydrogens is 484 g/mol. The molecule has 1 N–H and O–H groups in total. The lowest BCUT2D eigenvalue weighted by molar-refractivity contribution is -0.142. The maximum Gasteiger partial charge on any atom is 0.302 e. The van der Waals surface area contributed by atoms with Crippen LogP contribution in [0, 0.1) is 0 Å². The smallest absolute Gasteiger partial charge is 0.302 e. The van der Waals surface area contributed by atoms with Crippen molar-refractivity contribution in [1.29, 1.82) is 0 Å². The van der Waals surface area contributed by atoms with Crippen LogP contribution in [0.5, 0.6) is 5.75 Å². The Balaban J connectivity index is 1.68. The van der Waals surface area contributed by atoms with Gasteiger partial charge in [0.05, 0.1) is 17.1 Å². The number of carbonyl (C=O) groups is 3. The normalized spacial score (nSPS) is 16.7. The highest BCUT2D eigenvalue weighted by atomic mass is 32.2. The molecule has 0 saturated carbocycles. The number of nitrogens with zero attached hydrogens (tertiary/aromatic N) is 1. The molecule has 1 saturated heterocycles. The number of anilines is 1. The molecule has 2 aromatic carbocycles. The largest absolute Gasteiger partial charge is 0.482 e. The average Bonchev–Trinajstić information content (AvgIpc) is 3.10. The number of hydrogen-bond donors (Lipinski definition) is 1. The van der Waals surface area contributed by atoms with Gasteiger partial charge in [-0.3, -0.25) is 14.4 Å². The number of thioether (sulfide) groups is 1. The van der Waals surface area contributed by atoms with Gasteiger partial charge in [0.25, 0.3) is 11.8 Å². The summed E-state index contributed by atoms with van der Waals surface area (Å²) in [7, 11) is 0. The molecule has 0 unspecified atom stereocenters. The van der Waals surface area contributed by atoms with Crippen LogP contribution < -0.4 is 15.0 Å². The lowest BCUT2D eigenvalue weighted by Crippen LogP contribution is -2.38. The summed E-state index contributed by atoms with van der Waals surface area (Å²) in [5.41, 5.74) is 4.12. The Hall–Kier alpha value is -3.17. The highest BCUT2D eigenvalue weighted by Gasteiger charge is 2.27. The molecule has 182 valence electrons. The molecule has 9 heteroatoms. The van der Waals surface area contributed by atoms with E-state index in [0.717, 1.165) is 22.3 Å². The van der Waals surface area contributed by atoms with E-state index in [4.69, 9.17) is 21.7 Å². The van der Waals surface area contributed by atoms with Crippen LogP contribution >= 0.6 is 24.0 Å². The molecular formula is C26H26N2O5S2. The van der Waals surface area contributed by atoms with E-state index in [2.05, 4.69) is 32.2 Å². The Morgan fingerprint density at radius 3 is 2.60 bits per heavy atom. The Morgan fingerprint density at radius 1 is 1.20 bits per heavy atom. The zero-order valence-corrected chi connectivity index (χ0v) is 21.6. The van der Waals surface area contributed by atoms with Gasteiger partial charge in [-0.15, -0.1) is 0 Å². The first-order valence-electron chi connectivity index (χ1n) is 11.1. The van der Waals surface area contributed by atoms with E-state index in [1.807, 2.05) is 24.3 Å². The molecule has 2 aromatic rings. The second kappa shape index (κ2) is 9.83. The zero-order valence-electron chi connectivity index (χ0n) is 20.0. The highest BCUT2D eigenvalue weighted by Crippen LogP contribution is 2.36. The first-order valence-corrected chi connectivity index (χ1v) is 12.3. The van der Waals surface area contributed by atoms with Gasteiger partial charge in [0, 0.05) is 6.92 Å². The minimum absolute atomic E-state index is 0.0563. The summed E-state index contributed by atoms with van der Waals surface area (Å²) in [6, 6.07) is 11.5. The van der Waals surface area contributed by atoms with E-state index in [-0.39, 0.29) is 36.4 Å². The summed E-state index contributed by atoms with van der Waals surface area (Å²) in [4.78, 5) is 38.5. The van der Waals surface area contributed by atoms with Crippen LogP contribution in [0.25, 0.3) is 6.08 Å². The number of rotatable bonds is 5. The van der Waals surface area contributed by atoms with E-state index in [1.165, 1.54) is 18.7 Å². The van der Waals surface area contributed by atoms with Crippen molar-refractivity contribution >= 4 is 57.8 Å². The van der Waals surface area contributed by atoms with E-state index >= 15 is 0 Å². The monoisotopic (exact) mass is 510 g/mol. The summed E-state index contributed by atoms with van der Waals surface area (Å²) >= 11 is 6.27. The van der Waals surface area contributed by atoms with Crippen LogP contribution in [0.3, 0.4) is 0 Å².